The van der Waals surface area contributed by atoms with Crippen LogP contribution in [0.3, 0.4) is 0 Å². The molecule has 0 aliphatic carbocycles. The molecule has 122 valence electrons. The molecule has 0 aliphatic rings. The summed E-state index contributed by atoms with van der Waals surface area (Å²) in [6.07, 6.45) is 0.946. The highest BCUT2D eigenvalue weighted by Crippen LogP contribution is 2.16. The lowest BCUT2D eigenvalue weighted by Crippen LogP contribution is -2.30. The zero-order chi connectivity index (χ0) is 16.8. The van der Waals surface area contributed by atoms with E-state index in [0.717, 1.165) is 24.2 Å². The van der Waals surface area contributed by atoms with Crippen LogP contribution in [0, 0.1) is 11.6 Å². The number of aryl methyl sites for hydroxylation is 1. The lowest BCUT2D eigenvalue weighted by molar-refractivity contribution is -0.115. The summed E-state index contributed by atoms with van der Waals surface area (Å²) in [6, 6.07) is 11.1. The van der Waals surface area contributed by atoms with E-state index in [9.17, 15) is 13.6 Å². The summed E-state index contributed by atoms with van der Waals surface area (Å²) in [7, 11) is 0. The molecule has 0 saturated heterocycles. The van der Waals surface area contributed by atoms with Crippen molar-refractivity contribution in [3.63, 3.8) is 0 Å². The second-order valence-corrected chi connectivity index (χ2v) is 5.37. The zero-order valence-electron chi connectivity index (χ0n) is 13.2. The van der Waals surface area contributed by atoms with Gasteiger partial charge < -0.3 is 10.6 Å². The van der Waals surface area contributed by atoms with Crippen LogP contribution in [-0.4, -0.2) is 12.5 Å². The third kappa shape index (κ3) is 4.86. The molecule has 3 nitrogen and oxygen atoms in total. The van der Waals surface area contributed by atoms with E-state index in [2.05, 4.69) is 17.6 Å². The number of hydrogen-bond donors (Lipinski definition) is 2. The van der Waals surface area contributed by atoms with Gasteiger partial charge >= 0.3 is 0 Å². The SMILES string of the molecule is CCc1ccc(NC(=O)CN[C@H](C)c2ccc(F)c(F)c2)cc1. The summed E-state index contributed by atoms with van der Waals surface area (Å²) >= 11 is 0. The first-order valence-corrected chi connectivity index (χ1v) is 7.56. The fourth-order valence-corrected chi connectivity index (χ4v) is 2.17. The van der Waals surface area contributed by atoms with E-state index >= 15 is 0 Å². The molecular formula is C18H20F2N2O. The van der Waals surface area contributed by atoms with E-state index in [1.807, 2.05) is 24.3 Å². The fourth-order valence-electron chi connectivity index (χ4n) is 2.17. The lowest BCUT2D eigenvalue weighted by Gasteiger charge is -2.14. The van der Waals surface area contributed by atoms with Crippen molar-refractivity contribution in [3.05, 3.63) is 65.2 Å². The summed E-state index contributed by atoms with van der Waals surface area (Å²) in [5.74, 6) is -1.96. The smallest absolute Gasteiger partial charge is 0.238 e. The minimum atomic E-state index is -0.892. The normalized spacial score (nSPS) is 12.0. The summed E-state index contributed by atoms with van der Waals surface area (Å²) in [4.78, 5) is 11.9. The standard InChI is InChI=1S/C18H20F2N2O/c1-3-13-4-7-15(8-5-13)22-18(23)11-21-12(2)14-6-9-16(19)17(20)10-14/h4-10,12,21H,3,11H2,1-2H3,(H,22,23)/t12-/m1/s1. The molecule has 0 unspecified atom stereocenters. The molecule has 2 aromatic carbocycles. The van der Waals surface area contributed by atoms with Crippen LogP contribution in [0.1, 0.15) is 31.0 Å². The Balaban J connectivity index is 1.86. The molecule has 2 aromatic rings. The molecule has 0 aliphatic heterocycles. The maximum Gasteiger partial charge on any atom is 0.238 e. The Labute approximate surface area is 134 Å². The van der Waals surface area contributed by atoms with Gasteiger partial charge in [0.15, 0.2) is 11.6 Å². The predicted octanol–water partition coefficient (Wildman–Crippen LogP) is 3.82. The van der Waals surface area contributed by atoms with Gasteiger partial charge in [0.2, 0.25) is 5.91 Å². The van der Waals surface area contributed by atoms with Crippen molar-refractivity contribution in [2.45, 2.75) is 26.3 Å². The minimum absolute atomic E-state index is 0.0791. The lowest BCUT2D eigenvalue weighted by atomic mass is 10.1. The average molecular weight is 318 g/mol. The first-order chi connectivity index (χ1) is 11.0. The van der Waals surface area contributed by atoms with Gasteiger partial charge in [0.05, 0.1) is 6.54 Å². The van der Waals surface area contributed by atoms with Crippen molar-refractivity contribution >= 4 is 11.6 Å². The molecule has 0 bridgehead atoms. The monoisotopic (exact) mass is 318 g/mol. The van der Waals surface area contributed by atoms with Gasteiger partial charge in [-0.05, 0) is 48.7 Å². The van der Waals surface area contributed by atoms with Crippen molar-refractivity contribution in [2.75, 3.05) is 11.9 Å². The highest BCUT2D eigenvalue weighted by molar-refractivity contribution is 5.92. The van der Waals surface area contributed by atoms with E-state index in [1.165, 1.54) is 11.6 Å². The highest BCUT2D eigenvalue weighted by atomic mass is 19.2. The number of rotatable bonds is 6. The Morgan fingerprint density at radius 3 is 2.39 bits per heavy atom. The van der Waals surface area contributed by atoms with Gasteiger partial charge in [-0.15, -0.1) is 0 Å². The number of benzene rings is 2. The Morgan fingerprint density at radius 2 is 1.78 bits per heavy atom. The highest BCUT2D eigenvalue weighted by Gasteiger charge is 2.10. The molecule has 0 aromatic heterocycles. The van der Waals surface area contributed by atoms with Gasteiger partial charge in [-0.3, -0.25) is 4.79 Å². The van der Waals surface area contributed by atoms with Gasteiger partial charge in [0.25, 0.3) is 0 Å². The van der Waals surface area contributed by atoms with Crippen LogP contribution in [0.25, 0.3) is 0 Å². The minimum Gasteiger partial charge on any atom is -0.325 e. The average Bonchev–Trinajstić information content (AvgIpc) is 2.56. The zero-order valence-corrected chi connectivity index (χ0v) is 13.2. The van der Waals surface area contributed by atoms with E-state index in [-0.39, 0.29) is 18.5 Å². The van der Waals surface area contributed by atoms with Crippen LogP contribution in [-0.2, 0) is 11.2 Å². The second kappa shape index (κ2) is 7.83. The largest absolute Gasteiger partial charge is 0.325 e. The van der Waals surface area contributed by atoms with Crippen LogP contribution in [0.2, 0.25) is 0 Å². The third-order valence-corrected chi connectivity index (χ3v) is 3.66. The molecule has 0 heterocycles. The van der Waals surface area contributed by atoms with E-state index in [1.54, 1.807) is 6.92 Å². The van der Waals surface area contributed by atoms with Gasteiger partial charge in [0, 0.05) is 11.7 Å². The van der Waals surface area contributed by atoms with Crippen LogP contribution < -0.4 is 10.6 Å². The maximum absolute atomic E-state index is 13.2. The number of amides is 1. The number of halogens is 2. The topological polar surface area (TPSA) is 41.1 Å². The first kappa shape index (κ1) is 17.1. The van der Waals surface area contributed by atoms with Crippen molar-refractivity contribution < 1.29 is 13.6 Å². The molecule has 5 heteroatoms. The molecule has 1 amide bonds. The number of carbonyl (C=O) groups is 1. The Kier molecular flexibility index (Phi) is 5.82. The molecule has 0 spiro atoms. The quantitative estimate of drug-likeness (QED) is 0.850. The van der Waals surface area contributed by atoms with Gasteiger partial charge in [0.1, 0.15) is 0 Å². The number of hydrogen-bond acceptors (Lipinski definition) is 2. The number of nitrogens with one attached hydrogen (secondary N) is 2. The van der Waals surface area contributed by atoms with E-state index in [4.69, 9.17) is 0 Å². The molecule has 1 atom stereocenters. The van der Waals surface area contributed by atoms with Crippen LogP contribution in [0.15, 0.2) is 42.5 Å². The predicted molar refractivity (Wildman–Crippen MR) is 87.2 cm³/mol. The maximum atomic E-state index is 13.2. The van der Waals surface area contributed by atoms with E-state index < -0.39 is 11.6 Å². The third-order valence-electron chi connectivity index (χ3n) is 3.66. The summed E-state index contributed by atoms with van der Waals surface area (Å²) in [5, 5.41) is 5.77. The molecule has 0 radical (unpaired) electrons. The van der Waals surface area contributed by atoms with Crippen molar-refractivity contribution in [2.24, 2.45) is 0 Å². The Morgan fingerprint density at radius 1 is 1.09 bits per heavy atom. The van der Waals surface area contributed by atoms with Crippen molar-refractivity contribution in [3.8, 4) is 0 Å². The van der Waals surface area contributed by atoms with Gasteiger partial charge in [-0.25, -0.2) is 8.78 Å². The summed E-state index contributed by atoms with van der Waals surface area (Å²) in [6.45, 7) is 3.93. The number of carbonyl (C=O) groups excluding carboxylic acids is 1. The van der Waals surface area contributed by atoms with Crippen molar-refractivity contribution in [1.82, 2.24) is 5.32 Å². The molecule has 0 fully saturated rings. The molecule has 23 heavy (non-hydrogen) atoms. The fraction of sp³-hybridized carbons (Fsp3) is 0.278. The Hall–Kier alpha value is -2.27. The molecular weight excluding hydrogens is 298 g/mol. The molecule has 2 rings (SSSR count). The Bertz CT molecular complexity index is 671. The number of anilines is 1. The molecule has 0 saturated carbocycles. The van der Waals surface area contributed by atoms with Gasteiger partial charge in [-0.2, -0.15) is 0 Å². The first-order valence-electron chi connectivity index (χ1n) is 7.56. The van der Waals surface area contributed by atoms with Crippen LogP contribution in [0.4, 0.5) is 14.5 Å². The second-order valence-electron chi connectivity index (χ2n) is 5.37. The van der Waals surface area contributed by atoms with Crippen molar-refractivity contribution in [1.29, 1.82) is 0 Å². The van der Waals surface area contributed by atoms with Crippen LogP contribution in [0.5, 0.6) is 0 Å². The summed E-state index contributed by atoms with van der Waals surface area (Å²) < 4.78 is 26.1. The van der Waals surface area contributed by atoms with Gasteiger partial charge in [-0.1, -0.05) is 25.1 Å². The summed E-state index contributed by atoms with van der Waals surface area (Å²) in [5.41, 5.74) is 2.52. The molecule has 2 N–H and O–H groups in total. The van der Waals surface area contributed by atoms with E-state index in [0.29, 0.717) is 5.56 Å². The van der Waals surface area contributed by atoms with Crippen LogP contribution >= 0.6 is 0 Å².